The summed E-state index contributed by atoms with van der Waals surface area (Å²) in [5, 5.41) is 16.1. The average Bonchev–Trinajstić information content (AvgIpc) is 3.06. The van der Waals surface area contributed by atoms with Crippen LogP contribution >= 0.6 is 0 Å². The molecule has 0 unspecified atom stereocenters. The van der Waals surface area contributed by atoms with Crippen molar-refractivity contribution < 1.29 is 9.90 Å². The largest absolute Gasteiger partial charge is 0.476 e. The summed E-state index contributed by atoms with van der Waals surface area (Å²) in [6, 6.07) is 0. The number of nitrogen functional groups attached to an aromatic ring is 1. The molecule has 0 aliphatic heterocycles. The third-order valence-corrected chi connectivity index (χ3v) is 3.35. The fourth-order valence-corrected chi connectivity index (χ4v) is 2.11. The maximum atomic E-state index is 10.7. The van der Waals surface area contributed by atoms with Crippen LogP contribution in [-0.4, -0.2) is 31.1 Å². The highest BCUT2D eigenvalue weighted by atomic mass is 16.4. The molecule has 0 aromatic carbocycles. The molecule has 2 heterocycles. The Balaban J connectivity index is 1.79. The lowest BCUT2D eigenvalue weighted by atomic mass is 10.1. The molecule has 0 saturated heterocycles. The van der Waals surface area contributed by atoms with Crippen molar-refractivity contribution in [3.63, 3.8) is 0 Å². The second kappa shape index (κ2) is 6.79. The van der Waals surface area contributed by atoms with Crippen molar-refractivity contribution in [2.75, 3.05) is 5.73 Å². The maximum Gasteiger partial charge on any atom is 0.358 e. The smallest absolute Gasteiger partial charge is 0.358 e. The van der Waals surface area contributed by atoms with Gasteiger partial charge in [-0.15, -0.1) is 5.10 Å². The molecule has 6 N–H and O–H groups in total. The molecule has 0 saturated carbocycles. The van der Waals surface area contributed by atoms with Gasteiger partial charge in [-0.1, -0.05) is 5.21 Å². The first-order valence-corrected chi connectivity index (χ1v) is 7.00. The maximum absolute atomic E-state index is 10.7. The minimum atomic E-state index is -1.07. The Kier molecular flexibility index (Phi) is 4.82. The monoisotopic (exact) mass is 304 g/mol. The highest BCUT2D eigenvalue weighted by Gasteiger charge is 2.07. The Morgan fingerprint density at radius 3 is 2.86 bits per heavy atom. The van der Waals surface area contributed by atoms with E-state index in [0.717, 1.165) is 36.1 Å². The van der Waals surface area contributed by atoms with E-state index < -0.39 is 5.97 Å². The number of anilines is 1. The molecule has 2 aromatic heterocycles. The summed E-state index contributed by atoms with van der Waals surface area (Å²) >= 11 is 0. The van der Waals surface area contributed by atoms with Crippen LogP contribution in [0.5, 0.6) is 0 Å². The molecule has 0 aliphatic carbocycles. The number of nitrogens with zero attached hydrogens (tertiary/aromatic N) is 3. The van der Waals surface area contributed by atoms with Gasteiger partial charge in [0, 0.05) is 24.0 Å². The van der Waals surface area contributed by atoms with Crippen LogP contribution < -0.4 is 11.5 Å². The molecule has 0 aliphatic rings. The molecule has 8 heteroatoms. The van der Waals surface area contributed by atoms with Gasteiger partial charge in [0.2, 0.25) is 0 Å². The van der Waals surface area contributed by atoms with E-state index >= 15 is 0 Å². The van der Waals surface area contributed by atoms with Crippen LogP contribution in [0.2, 0.25) is 0 Å². The number of nitrogens with one attached hydrogen (secondary N) is 1. The van der Waals surface area contributed by atoms with Crippen LogP contribution in [0.4, 0.5) is 5.82 Å². The van der Waals surface area contributed by atoms with Gasteiger partial charge in [-0.3, -0.25) is 4.68 Å². The summed E-state index contributed by atoms with van der Waals surface area (Å²) in [6.45, 7) is 2.58. The lowest BCUT2D eigenvalue weighted by molar-refractivity contribution is 0.0690. The van der Waals surface area contributed by atoms with Crippen LogP contribution in [0.3, 0.4) is 0 Å². The van der Waals surface area contributed by atoms with Crippen molar-refractivity contribution in [3.8, 4) is 0 Å². The Morgan fingerprint density at radius 2 is 2.27 bits per heavy atom. The number of allylic oxidation sites excluding steroid dienone is 1. The van der Waals surface area contributed by atoms with E-state index in [4.69, 9.17) is 16.6 Å². The number of H-pyrrole nitrogens is 1. The third-order valence-electron chi connectivity index (χ3n) is 3.35. The number of aromatic nitrogens is 4. The number of nitrogens with two attached hydrogens (primary N) is 2. The molecular formula is C14H20N6O2. The number of hydrogen-bond acceptors (Lipinski definition) is 5. The first kappa shape index (κ1) is 15.6. The first-order chi connectivity index (χ1) is 10.5. The lowest BCUT2D eigenvalue weighted by Crippen LogP contribution is -2.02. The Bertz CT molecular complexity index is 666. The molecule has 22 heavy (non-hydrogen) atoms. The summed E-state index contributed by atoms with van der Waals surface area (Å²) < 4.78 is 1.53. The molecule has 2 aromatic rings. The van der Waals surface area contributed by atoms with E-state index in [2.05, 4.69) is 15.3 Å². The fourth-order valence-electron chi connectivity index (χ4n) is 2.11. The van der Waals surface area contributed by atoms with Gasteiger partial charge in [0.15, 0.2) is 5.69 Å². The second-order valence-electron chi connectivity index (χ2n) is 5.15. The number of carboxylic acid groups (broad SMARTS) is 1. The van der Waals surface area contributed by atoms with E-state index in [-0.39, 0.29) is 5.69 Å². The number of aryl methyl sites for hydroxylation is 2. The van der Waals surface area contributed by atoms with Crippen molar-refractivity contribution in [3.05, 3.63) is 34.9 Å². The molecule has 0 spiro atoms. The van der Waals surface area contributed by atoms with E-state index in [9.17, 15) is 4.79 Å². The van der Waals surface area contributed by atoms with Crippen molar-refractivity contribution >= 4 is 17.9 Å². The van der Waals surface area contributed by atoms with Crippen molar-refractivity contribution in [1.82, 2.24) is 20.0 Å². The fraction of sp³-hybridized carbons (Fsp3) is 0.357. The number of aromatic amines is 1. The lowest BCUT2D eigenvalue weighted by Gasteiger charge is -2.03. The molecule has 0 fully saturated rings. The number of unbranched alkanes of at least 4 members (excludes halogenated alkanes) is 1. The van der Waals surface area contributed by atoms with Gasteiger partial charge in [0.05, 0.1) is 6.20 Å². The molecule has 8 nitrogen and oxygen atoms in total. The Morgan fingerprint density at radius 1 is 1.50 bits per heavy atom. The van der Waals surface area contributed by atoms with E-state index in [1.54, 1.807) is 0 Å². The minimum Gasteiger partial charge on any atom is -0.476 e. The second-order valence-corrected chi connectivity index (χ2v) is 5.15. The number of hydrogen-bond donors (Lipinski definition) is 4. The van der Waals surface area contributed by atoms with Crippen molar-refractivity contribution in [2.45, 2.75) is 32.7 Å². The molecule has 0 radical (unpaired) electrons. The van der Waals surface area contributed by atoms with E-state index in [1.807, 2.05) is 19.2 Å². The van der Waals surface area contributed by atoms with Gasteiger partial charge >= 0.3 is 5.97 Å². The van der Waals surface area contributed by atoms with E-state index in [1.165, 1.54) is 10.9 Å². The summed E-state index contributed by atoms with van der Waals surface area (Å²) in [5.41, 5.74) is 14.5. The normalized spacial score (nSPS) is 11.8. The zero-order valence-corrected chi connectivity index (χ0v) is 12.4. The van der Waals surface area contributed by atoms with Gasteiger partial charge in [-0.25, -0.2) is 4.79 Å². The highest BCUT2D eigenvalue weighted by molar-refractivity contribution is 5.84. The minimum absolute atomic E-state index is 0.0437. The number of aromatic carboxylic acids is 1. The van der Waals surface area contributed by atoms with Gasteiger partial charge in [-0.05, 0) is 37.8 Å². The zero-order valence-electron chi connectivity index (χ0n) is 12.4. The topological polar surface area (TPSA) is 136 Å². The summed E-state index contributed by atoms with van der Waals surface area (Å²) in [7, 11) is 0. The molecule has 0 bridgehead atoms. The third kappa shape index (κ3) is 3.87. The van der Waals surface area contributed by atoms with Crippen LogP contribution in [-0.2, 0) is 6.54 Å². The van der Waals surface area contributed by atoms with Gasteiger partial charge < -0.3 is 21.6 Å². The van der Waals surface area contributed by atoms with Gasteiger partial charge in [0.25, 0.3) is 0 Å². The predicted molar refractivity (Wildman–Crippen MR) is 82.9 cm³/mol. The highest BCUT2D eigenvalue weighted by Crippen LogP contribution is 2.19. The molecule has 118 valence electrons. The molecule has 0 amide bonds. The van der Waals surface area contributed by atoms with Crippen LogP contribution in [0.15, 0.2) is 18.1 Å². The zero-order chi connectivity index (χ0) is 16.1. The first-order valence-electron chi connectivity index (χ1n) is 7.00. The van der Waals surface area contributed by atoms with Crippen molar-refractivity contribution in [2.24, 2.45) is 5.73 Å². The van der Waals surface area contributed by atoms with Crippen LogP contribution in [0.25, 0.3) is 6.08 Å². The van der Waals surface area contributed by atoms with E-state index in [0.29, 0.717) is 12.4 Å². The van der Waals surface area contributed by atoms with Crippen molar-refractivity contribution in [1.29, 1.82) is 0 Å². The average molecular weight is 304 g/mol. The van der Waals surface area contributed by atoms with Crippen LogP contribution in [0.1, 0.15) is 40.9 Å². The quantitative estimate of drug-likeness (QED) is 0.570. The van der Waals surface area contributed by atoms with Crippen LogP contribution in [0, 0.1) is 6.92 Å². The van der Waals surface area contributed by atoms with Gasteiger partial charge in [-0.2, -0.15) is 0 Å². The Hall–Kier alpha value is -2.77. The standard InChI is InChI=1S/C14H20N6O2/c1-9-7-17-13(16)11(9)6-10(15)4-2-3-5-20-8-12(14(21)22)18-19-20/h6-8,17H,2-5,15-16H2,1H3,(H,21,22)/b10-6-. The van der Waals surface area contributed by atoms with Gasteiger partial charge in [0.1, 0.15) is 5.82 Å². The predicted octanol–water partition coefficient (Wildman–Crippen LogP) is 1.37. The number of rotatable bonds is 7. The molecule has 0 atom stereocenters. The number of carboxylic acids is 1. The SMILES string of the molecule is Cc1c[nH]c(N)c1/C=C(\N)CCCCn1cc(C(=O)O)nn1. The molecule has 2 rings (SSSR count). The molecular weight excluding hydrogens is 284 g/mol. The number of carbonyl (C=O) groups is 1. The summed E-state index contributed by atoms with van der Waals surface area (Å²) in [4.78, 5) is 13.6. The Labute approximate surface area is 127 Å². The summed E-state index contributed by atoms with van der Waals surface area (Å²) in [5.74, 6) is -0.456. The summed E-state index contributed by atoms with van der Waals surface area (Å²) in [6.07, 6.45) is 7.60.